The van der Waals surface area contributed by atoms with Gasteiger partial charge in [-0.15, -0.1) is 0 Å². The van der Waals surface area contributed by atoms with Crippen molar-refractivity contribution in [3.8, 4) is 0 Å². The smallest absolute Gasteiger partial charge is 0.0371 e. The Morgan fingerprint density at radius 1 is 1.32 bits per heavy atom. The highest BCUT2D eigenvalue weighted by atomic mass is 15.2. The lowest BCUT2D eigenvalue weighted by atomic mass is 10.0. The number of benzene rings is 1. The number of hydrogen-bond donors (Lipinski definition) is 1. The van der Waals surface area contributed by atoms with Crippen LogP contribution in [0, 0.1) is 6.92 Å². The highest BCUT2D eigenvalue weighted by molar-refractivity contribution is 5.52. The summed E-state index contributed by atoms with van der Waals surface area (Å²) < 4.78 is 0. The van der Waals surface area contributed by atoms with Crippen molar-refractivity contribution in [3.05, 3.63) is 29.3 Å². The van der Waals surface area contributed by atoms with E-state index in [1.54, 1.807) is 0 Å². The van der Waals surface area contributed by atoms with E-state index in [9.17, 15) is 0 Å². The van der Waals surface area contributed by atoms with Crippen LogP contribution in [0.1, 0.15) is 51.7 Å². The summed E-state index contributed by atoms with van der Waals surface area (Å²) in [6.07, 6.45) is 2.65. The van der Waals surface area contributed by atoms with E-state index >= 15 is 0 Å². The molecule has 1 aromatic rings. The largest absolute Gasteiger partial charge is 0.369 e. The molecule has 0 aromatic heterocycles. The van der Waals surface area contributed by atoms with Gasteiger partial charge < -0.3 is 10.2 Å². The first-order chi connectivity index (χ1) is 8.87. The SMILES string of the molecule is Cc1cc(N2CCCC2C)ccc1CNC(C)(C)C. The van der Waals surface area contributed by atoms with Crippen molar-refractivity contribution in [2.24, 2.45) is 0 Å². The molecule has 19 heavy (non-hydrogen) atoms. The van der Waals surface area contributed by atoms with Crippen molar-refractivity contribution >= 4 is 5.69 Å². The van der Waals surface area contributed by atoms with Gasteiger partial charge in [-0.2, -0.15) is 0 Å². The predicted molar refractivity (Wildman–Crippen MR) is 83.8 cm³/mol. The number of anilines is 1. The molecule has 2 nitrogen and oxygen atoms in total. The number of nitrogens with zero attached hydrogens (tertiary/aromatic N) is 1. The fourth-order valence-corrected chi connectivity index (χ4v) is 2.73. The van der Waals surface area contributed by atoms with Gasteiger partial charge in [0.05, 0.1) is 0 Å². The van der Waals surface area contributed by atoms with E-state index in [1.807, 2.05) is 0 Å². The second-order valence-electron chi connectivity index (χ2n) is 6.90. The van der Waals surface area contributed by atoms with Gasteiger partial charge in [0, 0.05) is 30.4 Å². The zero-order valence-electron chi connectivity index (χ0n) is 13.1. The van der Waals surface area contributed by atoms with Crippen molar-refractivity contribution in [2.75, 3.05) is 11.4 Å². The third kappa shape index (κ3) is 3.73. The fraction of sp³-hybridized carbons (Fsp3) is 0.647. The van der Waals surface area contributed by atoms with E-state index in [0.717, 1.165) is 6.54 Å². The van der Waals surface area contributed by atoms with E-state index in [-0.39, 0.29) is 5.54 Å². The Morgan fingerprint density at radius 3 is 2.58 bits per heavy atom. The van der Waals surface area contributed by atoms with Crippen LogP contribution in [0.2, 0.25) is 0 Å². The van der Waals surface area contributed by atoms with E-state index in [1.165, 1.54) is 36.2 Å². The maximum absolute atomic E-state index is 3.56. The predicted octanol–water partition coefficient (Wildman–Crippen LogP) is 3.87. The summed E-state index contributed by atoms with van der Waals surface area (Å²) >= 11 is 0. The minimum atomic E-state index is 0.175. The van der Waals surface area contributed by atoms with E-state index < -0.39 is 0 Å². The van der Waals surface area contributed by atoms with Gasteiger partial charge in [-0.05, 0) is 70.7 Å². The molecule has 1 aliphatic rings. The molecular formula is C17H28N2. The van der Waals surface area contributed by atoms with Crippen molar-refractivity contribution < 1.29 is 0 Å². The van der Waals surface area contributed by atoms with Gasteiger partial charge in [-0.1, -0.05) is 6.07 Å². The first-order valence-corrected chi connectivity index (χ1v) is 7.48. The third-order valence-electron chi connectivity index (χ3n) is 4.02. The highest BCUT2D eigenvalue weighted by Gasteiger charge is 2.20. The van der Waals surface area contributed by atoms with E-state index in [2.05, 4.69) is 63.0 Å². The maximum atomic E-state index is 3.56. The quantitative estimate of drug-likeness (QED) is 0.887. The summed E-state index contributed by atoms with van der Waals surface area (Å²) in [6, 6.07) is 7.61. The lowest BCUT2D eigenvalue weighted by molar-refractivity contribution is 0.424. The van der Waals surface area contributed by atoms with Gasteiger partial charge in [-0.3, -0.25) is 0 Å². The zero-order valence-corrected chi connectivity index (χ0v) is 13.1. The van der Waals surface area contributed by atoms with Gasteiger partial charge in [0.25, 0.3) is 0 Å². The molecule has 1 fully saturated rings. The fourth-order valence-electron chi connectivity index (χ4n) is 2.73. The average Bonchev–Trinajstić information content (AvgIpc) is 2.72. The average molecular weight is 260 g/mol. The maximum Gasteiger partial charge on any atom is 0.0371 e. The zero-order chi connectivity index (χ0) is 14.0. The molecule has 1 N–H and O–H groups in total. The van der Waals surface area contributed by atoms with Crippen LogP contribution in [0.15, 0.2) is 18.2 Å². The van der Waals surface area contributed by atoms with Crippen LogP contribution < -0.4 is 10.2 Å². The Bertz CT molecular complexity index is 431. The molecular weight excluding hydrogens is 232 g/mol. The minimum Gasteiger partial charge on any atom is -0.369 e. The molecule has 1 aliphatic heterocycles. The van der Waals surface area contributed by atoms with Crippen LogP contribution in [0.5, 0.6) is 0 Å². The lowest BCUT2D eigenvalue weighted by Crippen LogP contribution is -2.35. The number of rotatable bonds is 3. The van der Waals surface area contributed by atoms with Gasteiger partial charge in [0.2, 0.25) is 0 Å². The van der Waals surface area contributed by atoms with Gasteiger partial charge in [-0.25, -0.2) is 0 Å². The topological polar surface area (TPSA) is 15.3 Å². The second-order valence-corrected chi connectivity index (χ2v) is 6.90. The summed E-state index contributed by atoms with van der Waals surface area (Å²) in [7, 11) is 0. The third-order valence-corrected chi connectivity index (χ3v) is 4.02. The molecule has 1 heterocycles. The molecule has 0 bridgehead atoms. The van der Waals surface area contributed by atoms with Gasteiger partial charge in [0.15, 0.2) is 0 Å². The van der Waals surface area contributed by atoms with E-state index in [0.29, 0.717) is 6.04 Å². The van der Waals surface area contributed by atoms with Crippen LogP contribution in [-0.4, -0.2) is 18.1 Å². The Kier molecular flexibility index (Phi) is 4.19. The van der Waals surface area contributed by atoms with Crippen LogP contribution in [0.25, 0.3) is 0 Å². The van der Waals surface area contributed by atoms with E-state index in [4.69, 9.17) is 0 Å². The van der Waals surface area contributed by atoms with Crippen molar-refractivity contribution in [2.45, 2.75) is 65.6 Å². The summed E-state index contributed by atoms with van der Waals surface area (Å²) in [5.41, 5.74) is 4.37. The molecule has 106 valence electrons. The number of nitrogens with one attached hydrogen (secondary N) is 1. The molecule has 0 amide bonds. The molecule has 1 unspecified atom stereocenters. The van der Waals surface area contributed by atoms with Crippen molar-refractivity contribution in [3.63, 3.8) is 0 Å². The molecule has 0 aliphatic carbocycles. The summed E-state index contributed by atoms with van der Waals surface area (Å²) in [6.45, 7) is 13.3. The summed E-state index contributed by atoms with van der Waals surface area (Å²) in [5.74, 6) is 0. The molecule has 0 spiro atoms. The minimum absolute atomic E-state index is 0.175. The van der Waals surface area contributed by atoms with Crippen LogP contribution >= 0.6 is 0 Å². The van der Waals surface area contributed by atoms with Gasteiger partial charge >= 0.3 is 0 Å². The molecule has 1 atom stereocenters. The molecule has 0 saturated carbocycles. The first-order valence-electron chi connectivity index (χ1n) is 7.48. The molecule has 1 saturated heterocycles. The monoisotopic (exact) mass is 260 g/mol. The Hall–Kier alpha value is -1.02. The molecule has 2 heteroatoms. The Morgan fingerprint density at radius 2 is 2.05 bits per heavy atom. The summed E-state index contributed by atoms with van der Waals surface area (Å²) in [4.78, 5) is 2.54. The molecule has 2 rings (SSSR count). The molecule has 0 radical (unpaired) electrons. The van der Waals surface area contributed by atoms with Gasteiger partial charge in [0.1, 0.15) is 0 Å². The number of hydrogen-bond acceptors (Lipinski definition) is 2. The highest BCUT2D eigenvalue weighted by Crippen LogP contribution is 2.27. The second kappa shape index (κ2) is 5.54. The van der Waals surface area contributed by atoms with Crippen LogP contribution in [0.3, 0.4) is 0 Å². The van der Waals surface area contributed by atoms with Crippen LogP contribution in [-0.2, 0) is 6.54 Å². The normalized spacial score (nSPS) is 20.1. The first kappa shape index (κ1) is 14.4. The summed E-state index contributed by atoms with van der Waals surface area (Å²) in [5, 5.41) is 3.56. The standard InChI is InChI=1S/C17H28N2/c1-13-11-16(19-10-6-7-14(19)2)9-8-15(13)12-18-17(3,4)5/h8-9,11,14,18H,6-7,10,12H2,1-5H3. The Balaban J connectivity index is 2.09. The molecule has 1 aromatic carbocycles. The van der Waals surface area contributed by atoms with Crippen molar-refractivity contribution in [1.82, 2.24) is 5.32 Å². The van der Waals surface area contributed by atoms with Crippen molar-refractivity contribution in [1.29, 1.82) is 0 Å². The lowest BCUT2D eigenvalue weighted by Gasteiger charge is -2.25. The number of aryl methyl sites for hydroxylation is 1. The Labute approximate surface area is 118 Å². The van der Waals surface area contributed by atoms with Crippen LogP contribution in [0.4, 0.5) is 5.69 Å².